The van der Waals surface area contributed by atoms with Crippen molar-refractivity contribution < 1.29 is 4.74 Å². The maximum atomic E-state index is 6.27. The molecule has 3 heteroatoms. The molecule has 1 saturated heterocycles. The van der Waals surface area contributed by atoms with Crippen LogP contribution in [-0.2, 0) is 4.74 Å². The van der Waals surface area contributed by atoms with E-state index in [1.165, 1.54) is 32.2 Å². The Morgan fingerprint density at radius 1 is 1.20 bits per heavy atom. The third kappa shape index (κ3) is 5.01. The van der Waals surface area contributed by atoms with Crippen molar-refractivity contribution in [3.63, 3.8) is 0 Å². The normalized spacial score (nSPS) is 21.9. The molecule has 0 saturated carbocycles. The number of piperidine rings is 1. The van der Waals surface area contributed by atoms with E-state index in [2.05, 4.69) is 39.5 Å². The zero-order valence-electron chi connectivity index (χ0n) is 14.3. The average molecular weight is 284 g/mol. The van der Waals surface area contributed by atoms with Crippen LogP contribution in [0.5, 0.6) is 0 Å². The van der Waals surface area contributed by atoms with Gasteiger partial charge in [0.2, 0.25) is 0 Å². The van der Waals surface area contributed by atoms with Gasteiger partial charge >= 0.3 is 0 Å². The number of nitrogens with zero attached hydrogens (tertiary/aromatic N) is 1. The topological polar surface area (TPSA) is 38.5 Å². The van der Waals surface area contributed by atoms with Gasteiger partial charge in [-0.2, -0.15) is 0 Å². The Hall–Kier alpha value is -0.120. The monoisotopic (exact) mass is 284 g/mol. The van der Waals surface area contributed by atoms with Crippen LogP contribution in [-0.4, -0.2) is 42.8 Å². The van der Waals surface area contributed by atoms with Crippen molar-refractivity contribution in [1.82, 2.24) is 4.90 Å². The molecule has 2 N–H and O–H groups in total. The smallest absolute Gasteiger partial charge is 0.0702 e. The molecule has 0 spiro atoms. The molecule has 120 valence electrons. The lowest BCUT2D eigenvalue weighted by Crippen LogP contribution is -2.59. The van der Waals surface area contributed by atoms with Gasteiger partial charge in [-0.3, -0.25) is 4.90 Å². The van der Waals surface area contributed by atoms with Crippen LogP contribution in [0.2, 0.25) is 0 Å². The number of hydrogen-bond acceptors (Lipinski definition) is 3. The standard InChI is InChI=1S/C17H36N2O/c1-6-20-16-8-7-9-19(12-16)17(13-18,10-14(2)3)11-15(4)5/h14-16H,6-13,18H2,1-5H3. The van der Waals surface area contributed by atoms with Crippen LogP contribution >= 0.6 is 0 Å². The van der Waals surface area contributed by atoms with E-state index in [-0.39, 0.29) is 5.54 Å². The van der Waals surface area contributed by atoms with Crippen molar-refractivity contribution in [2.75, 3.05) is 26.2 Å². The number of rotatable bonds is 8. The number of nitrogens with two attached hydrogens (primary N) is 1. The molecule has 1 heterocycles. The van der Waals surface area contributed by atoms with Gasteiger partial charge in [-0.1, -0.05) is 27.7 Å². The second-order valence-electron chi connectivity index (χ2n) is 7.29. The molecule has 0 aromatic rings. The fourth-order valence-electron chi connectivity index (χ4n) is 3.90. The second kappa shape index (κ2) is 8.35. The lowest BCUT2D eigenvalue weighted by Gasteiger charge is -2.49. The first kappa shape index (κ1) is 17.9. The first-order valence-corrected chi connectivity index (χ1v) is 8.50. The largest absolute Gasteiger partial charge is 0.377 e. The van der Waals surface area contributed by atoms with E-state index < -0.39 is 0 Å². The van der Waals surface area contributed by atoms with E-state index >= 15 is 0 Å². The third-order valence-corrected chi connectivity index (χ3v) is 4.41. The quantitative estimate of drug-likeness (QED) is 0.743. The van der Waals surface area contributed by atoms with Gasteiger partial charge in [0.05, 0.1) is 6.10 Å². The van der Waals surface area contributed by atoms with Crippen molar-refractivity contribution in [3.8, 4) is 0 Å². The van der Waals surface area contributed by atoms with E-state index in [4.69, 9.17) is 10.5 Å². The molecule has 1 aliphatic rings. The molecule has 0 radical (unpaired) electrons. The highest BCUT2D eigenvalue weighted by Gasteiger charge is 2.39. The minimum absolute atomic E-state index is 0.165. The van der Waals surface area contributed by atoms with Crippen LogP contribution in [0.1, 0.15) is 60.3 Å². The highest BCUT2D eigenvalue weighted by atomic mass is 16.5. The van der Waals surface area contributed by atoms with Crippen LogP contribution in [0.3, 0.4) is 0 Å². The molecule has 0 amide bonds. The molecule has 20 heavy (non-hydrogen) atoms. The average Bonchev–Trinajstić information content (AvgIpc) is 2.37. The lowest BCUT2D eigenvalue weighted by molar-refractivity contribution is -0.0445. The Labute approximate surface area is 126 Å². The van der Waals surface area contributed by atoms with Gasteiger partial charge in [0.15, 0.2) is 0 Å². The van der Waals surface area contributed by atoms with Crippen LogP contribution in [0.15, 0.2) is 0 Å². The Balaban J connectivity index is 2.84. The summed E-state index contributed by atoms with van der Waals surface area (Å²) in [4.78, 5) is 2.65. The molecular formula is C17H36N2O. The van der Waals surface area contributed by atoms with E-state index in [1.54, 1.807) is 0 Å². The van der Waals surface area contributed by atoms with Gasteiger partial charge in [0, 0.05) is 25.2 Å². The van der Waals surface area contributed by atoms with Gasteiger partial charge < -0.3 is 10.5 Å². The van der Waals surface area contributed by atoms with Crippen LogP contribution < -0.4 is 5.73 Å². The van der Waals surface area contributed by atoms with Crippen molar-refractivity contribution in [1.29, 1.82) is 0 Å². The van der Waals surface area contributed by atoms with Gasteiger partial charge in [-0.25, -0.2) is 0 Å². The minimum atomic E-state index is 0.165. The van der Waals surface area contributed by atoms with Crippen molar-refractivity contribution in [2.24, 2.45) is 17.6 Å². The predicted octanol–water partition coefficient (Wildman–Crippen LogP) is 3.28. The zero-order chi connectivity index (χ0) is 15.2. The number of hydrogen-bond donors (Lipinski definition) is 1. The Bertz CT molecular complexity index is 254. The maximum Gasteiger partial charge on any atom is 0.0702 e. The molecule has 1 fully saturated rings. The van der Waals surface area contributed by atoms with Gasteiger partial charge in [-0.05, 0) is 51.0 Å². The third-order valence-electron chi connectivity index (χ3n) is 4.41. The van der Waals surface area contributed by atoms with E-state index in [9.17, 15) is 0 Å². The van der Waals surface area contributed by atoms with Gasteiger partial charge in [-0.15, -0.1) is 0 Å². The first-order chi connectivity index (χ1) is 9.43. The SMILES string of the molecule is CCOC1CCCN(C(CN)(CC(C)C)CC(C)C)C1. The fourth-order valence-corrected chi connectivity index (χ4v) is 3.90. The van der Waals surface area contributed by atoms with Crippen LogP contribution in [0.25, 0.3) is 0 Å². The molecule has 0 aliphatic carbocycles. The van der Waals surface area contributed by atoms with Gasteiger partial charge in [0.25, 0.3) is 0 Å². The molecule has 3 nitrogen and oxygen atoms in total. The Morgan fingerprint density at radius 3 is 2.25 bits per heavy atom. The molecular weight excluding hydrogens is 248 g/mol. The molecule has 0 aromatic carbocycles. The minimum Gasteiger partial charge on any atom is -0.377 e. The van der Waals surface area contributed by atoms with Crippen molar-refractivity contribution >= 4 is 0 Å². The number of likely N-dealkylation sites (tertiary alicyclic amines) is 1. The highest BCUT2D eigenvalue weighted by molar-refractivity contribution is 4.96. The first-order valence-electron chi connectivity index (χ1n) is 8.50. The zero-order valence-corrected chi connectivity index (χ0v) is 14.3. The summed E-state index contributed by atoms with van der Waals surface area (Å²) in [6.45, 7) is 15.2. The number of ether oxygens (including phenoxy) is 1. The molecule has 1 rings (SSSR count). The van der Waals surface area contributed by atoms with Crippen LogP contribution in [0, 0.1) is 11.8 Å². The summed E-state index contributed by atoms with van der Waals surface area (Å²) < 4.78 is 5.88. The summed E-state index contributed by atoms with van der Waals surface area (Å²) in [6, 6.07) is 0. The second-order valence-corrected chi connectivity index (χ2v) is 7.29. The molecule has 0 bridgehead atoms. The summed E-state index contributed by atoms with van der Waals surface area (Å²) in [6.07, 6.45) is 5.23. The predicted molar refractivity (Wildman–Crippen MR) is 86.9 cm³/mol. The van der Waals surface area contributed by atoms with E-state index in [0.29, 0.717) is 17.9 Å². The van der Waals surface area contributed by atoms with Crippen molar-refractivity contribution in [2.45, 2.75) is 71.9 Å². The summed E-state index contributed by atoms with van der Waals surface area (Å²) >= 11 is 0. The lowest BCUT2D eigenvalue weighted by atomic mass is 9.79. The molecule has 1 atom stereocenters. The molecule has 0 aromatic heterocycles. The van der Waals surface area contributed by atoms with Gasteiger partial charge in [0.1, 0.15) is 0 Å². The summed E-state index contributed by atoms with van der Waals surface area (Å²) in [5.74, 6) is 1.37. The Kier molecular flexibility index (Phi) is 7.49. The van der Waals surface area contributed by atoms with Crippen LogP contribution in [0.4, 0.5) is 0 Å². The Morgan fingerprint density at radius 2 is 1.80 bits per heavy atom. The highest BCUT2D eigenvalue weighted by Crippen LogP contribution is 2.33. The summed E-state index contributed by atoms with van der Waals surface area (Å²) in [5, 5.41) is 0. The molecule has 1 aliphatic heterocycles. The fraction of sp³-hybridized carbons (Fsp3) is 1.00. The summed E-state index contributed by atoms with van der Waals surface area (Å²) in [7, 11) is 0. The van der Waals surface area contributed by atoms with Crippen molar-refractivity contribution in [3.05, 3.63) is 0 Å². The molecule has 1 unspecified atom stereocenters. The summed E-state index contributed by atoms with van der Waals surface area (Å²) in [5.41, 5.74) is 6.44. The van der Waals surface area contributed by atoms with E-state index in [1.807, 2.05) is 0 Å². The maximum absolute atomic E-state index is 6.27. The van der Waals surface area contributed by atoms with E-state index in [0.717, 1.165) is 19.7 Å².